The minimum atomic E-state index is -2.06. The molecule has 0 aromatic rings. The molecular weight excluding hydrogens is 444 g/mol. The molecule has 5 aliphatic rings. The first kappa shape index (κ1) is 23.9. The highest BCUT2D eigenvalue weighted by Crippen LogP contribution is 2.73. The number of hydrogen-bond donors (Lipinski definition) is 3. The third kappa shape index (κ3) is 2.61. The van der Waals surface area contributed by atoms with Crippen LogP contribution in [0.5, 0.6) is 0 Å². The highest BCUT2D eigenvalue weighted by Gasteiger charge is 2.83. The number of carbonyl (C=O) groups is 3. The van der Waals surface area contributed by atoms with Gasteiger partial charge in [-0.05, 0) is 37.7 Å². The van der Waals surface area contributed by atoms with Gasteiger partial charge in [0.2, 0.25) is 6.10 Å². The zero-order valence-corrected chi connectivity index (χ0v) is 20.2. The Kier molecular flexibility index (Phi) is 5.17. The SMILES string of the molecule is CCC(C)C(=O)OC1C(=O)OC2CC3C(C)=CC(=O)C(O)C3(C)C3C4(O)OCC23C1C(C)C4O. The van der Waals surface area contributed by atoms with Gasteiger partial charge in [0.15, 0.2) is 11.6 Å². The molecule has 9 heteroatoms. The Morgan fingerprint density at radius 3 is 2.65 bits per heavy atom. The summed E-state index contributed by atoms with van der Waals surface area (Å²) in [6.45, 7) is 8.74. The van der Waals surface area contributed by atoms with Crippen molar-refractivity contribution in [1.82, 2.24) is 0 Å². The average Bonchev–Trinajstić information content (AvgIpc) is 3.08. The lowest BCUT2D eigenvalue weighted by Crippen LogP contribution is -2.78. The largest absolute Gasteiger partial charge is 0.459 e. The summed E-state index contributed by atoms with van der Waals surface area (Å²) in [5.74, 6) is -6.89. The maximum atomic E-state index is 13.2. The van der Waals surface area contributed by atoms with E-state index in [2.05, 4.69) is 0 Å². The van der Waals surface area contributed by atoms with Gasteiger partial charge in [-0.25, -0.2) is 4.79 Å². The fourth-order valence-electron chi connectivity index (χ4n) is 8.14. The van der Waals surface area contributed by atoms with Gasteiger partial charge in [0.05, 0.1) is 12.5 Å². The molecule has 12 atom stereocenters. The molecule has 12 unspecified atom stereocenters. The summed E-state index contributed by atoms with van der Waals surface area (Å²) in [4.78, 5) is 38.7. The van der Waals surface area contributed by atoms with Gasteiger partial charge in [-0.3, -0.25) is 9.59 Å². The second kappa shape index (κ2) is 7.35. The predicted molar refractivity (Wildman–Crippen MR) is 116 cm³/mol. The minimum absolute atomic E-state index is 0.0540. The Hall–Kier alpha value is -1.81. The van der Waals surface area contributed by atoms with Crippen molar-refractivity contribution in [2.24, 2.45) is 40.4 Å². The molecule has 2 heterocycles. The Bertz CT molecular complexity index is 975. The first-order valence-corrected chi connectivity index (χ1v) is 12.2. The van der Waals surface area contributed by atoms with Crippen LogP contribution in [0.25, 0.3) is 0 Å². The van der Waals surface area contributed by atoms with Gasteiger partial charge in [-0.2, -0.15) is 0 Å². The second-order valence-electron chi connectivity index (χ2n) is 11.4. The van der Waals surface area contributed by atoms with Gasteiger partial charge in [0, 0.05) is 22.7 Å². The number of allylic oxidation sites excluding steroid dienone is 1. The van der Waals surface area contributed by atoms with Crippen LogP contribution in [0.4, 0.5) is 0 Å². The quantitative estimate of drug-likeness (QED) is 0.501. The average molecular weight is 479 g/mol. The highest BCUT2D eigenvalue weighted by molar-refractivity contribution is 5.96. The maximum Gasteiger partial charge on any atom is 0.348 e. The maximum absolute atomic E-state index is 13.2. The fourth-order valence-corrected chi connectivity index (χ4v) is 8.14. The smallest absolute Gasteiger partial charge is 0.348 e. The number of aliphatic hydroxyl groups excluding tert-OH is 2. The van der Waals surface area contributed by atoms with Gasteiger partial charge >= 0.3 is 11.9 Å². The van der Waals surface area contributed by atoms with E-state index in [9.17, 15) is 29.7 Å². The summed E-state index contributed by atoms with van der Waals surface area (Å²) in [5, 5.41) is 34.3. The molecule has 34 heavy (non-hydrogen) atoms. The summed E-state index contributed by atoms with van der Waals surface area (Å²) in [7, 11) is 0. The molecule has 9 nitrogen and oxygen atoms in total. The van der Waals surface area contributed by atoms with Crippen LogP contribution in [0, 0.1) is 40.4 Å². The first-order valence-electron chi connectivity index (χ1n) is 12.2. The zero-order valence-electron chi connectivity index (χ0n) is 20.2. The van der Waals surface area contributed by atoms with E-state index in [-0.39, 0.29) is 12.5 Å². The molecule has 2 bridgehead atoms. The number of fused-ring (bicyclic) bond motifs is 1. The second-order valence-corrected chi connectivity index (χ2v) is 11.4. The number of carbonyl (C=O) groups excluding carboxylic acids is 3. The standard InChI is InChI=1S/C25H34O9/c1-6-10(2)20(29)34-17-16-12(4)18(27)25(31)22-23(5)13(11(3)7-14(26)19(23)28)8-15(33-21(17)30)24(16,22)9-32-25/h7,10,12-13,15-19,22,27-28,31H,6,8-9H2,1-5H3. The van der Waals surface area contributed by atoms with Gasteiger partial charge in [-0.15, -0.1) is 0 Å². The van der Waals surface area contributed by atoms with Crippen LogP contribution in [0.3, 0.4) is 0 Å². The van der Waals surface area contributed by atoms with Gasteiger partial charge in [0.25, 0.3) is 0 Å². The molecule has 2 aliphatic heterocycles. The third-order valence-corrected chi connectivity index (χ3v) is 9.89. The number of rotatable bonds is 3. The number of hydrogen-bond acceptors (Lipinski definition) is 9. The molecule has 3 aliphatic carbocycles. The van der Waals surface area contributed by atoms with E-state index in [4.69, 9.17) is 14.2 Å². The van der Waals surface area contributed by atoms with Crippen molar-refractivity contribution in [3.8, 4) is 0 Å². The normalized spacial score (nSPS) is 52.2. The molecule has 188 valence electrons. The summed E-state index contributed by atoms with van der Waals surface area (Å²) in [5.41, 5.74) is -1.51. The van der Waals surface area contributed by atoms with Crippen molar-refractivity contribution >= 4 is 17.7 Å². The van der Waals surface area contributed by atoms with Crippen molar-refractivity contribution < 1.29 is 43.9 Å². The van der Waals surface area contributed by atoms with Gasteiger partial charge in [-0.1, -0.05) is 33.3 Å². The van der Waals surface area contributed by atoms with Crippen molar-refractivity contribution in [2.75, 3.05) is 6.61 Å². The van der Waals surface area contributed by atoms with Gasteiger partial charge in [0.1, 0.15) is 18.3 Å². The third-order valence-electron chi connectivity index (χ3n) is 9.89. The summed E-state index contributed by atoms with van der Waals surface area (Å²) in [6, 6.07) is 0. The van der Waals surface area contributed by atoms with Gasteiger partial charge < -0.3 is 29.5 Å². The van der Waals surface area contributed by atoms with E-state index in [1.54, 1.807) is 27.7 Å². The molecule has 0 amide bonds. The topological polar surface area (TPSA) is 140 Å². The van der Waals surface area contributed by atoms with E-state index in [0.717, 1.165) is 5.57 Å². The van der Waals surface area contributed by atoms with Crippen molar-refractivity contribution in [3.05, 3.63) is 11.6 Å². The summed E-state index contributed by atoms with van der Waals surface area (Å²) >= 11 is 0. The fraction of sp³-hybridized carbons (Fsp3) is 0.800. The molecule has 5 rings (SSSR count). The molecule has 1 spiro atoms. The number of aliphatic hydroxyl groups is 3. The van der Waals surface area contributed by atoms with E-state index in [1.807, 2.05) is 6.92 Å². The Labute approximate surface area is 198 Å². The Balaban J connectivity index is 1.69. The Morgan fingerprint density at radius 2 is 2.00 bits per heavy atom. The number of ketones is 1. The van der Waals surface area contributed by atoms with E-state index < -0.39 is 82.4 Å². The van der Waals surface area contributed by atoms with Crippen LogP contribution in [0.2, 0.25) is 0 Å². The van der Waals surface area contributed by atoms with Crippen LogP contribution in [0.1, 0.15) is 47.5 Å². The molecule has 3 N–H and O–H groups in total. The van der Waals surface area contributed by atoms with Crippen molar-refractivity contribution in [2.45, 2.75) is 77.7 Å². The number of ether oxygens (including phenoxy) is 3. The predicted octanol–water partition coefficient (Wildman–Crippen LogP) is 0.734. The van der Waals surface area contributed by atoms with Crippen LogP contribution in [-0.4, -0.2) is 69.9 Å². The van der Waals surface area contributed by atoms with Crippen molar-refractivity contribution in [3.63, 3.8) is 0 Å². The number of esters is 2. The zero-order chi connectivity index (χ0) is 25.0. The Morgan fingerprint density at radius 1 is 1.32 bits per heavy atom. The first-order chi connectivity index (χ1) is 15.8. The highest BCUT2D eigenvalue weighted by atomic mass is 16.7. The summed E-state index contributed by atoms with van der Waals surface area (Å²) in [6.07, 6.45) is -2.58. The van der Waals surface area contributed by atoms with E-state index >= 15 is 0 Å². The monoisotopic (exact) mass is 478 g/mol. The molecule has 0 aromatic heterocycles. The molecule has 0 aromatic carbocycles. The minimum Gasteiger partial charge on any atom is -0.459 e. The van der Waals surface area contributed by atoms with E-state index in [1.165, 1.54) is 6.08 Å². The lowest BCUT2D eigenvalue weighted by Gasteiger charge is -2.68. The molecule has 4 fully saturated rings. The molecule has 0 radical (unpaired) electrons. The van der Waals surface area contributed by atoms with E-state index in [0.29, 0.717) is 12.8 Å². The van der Waals surface area contributed by atoms with Crippen LogP contribution < -0.4 is 0 Å². The molecule has 2 saturated heterocycles. The molecule has 2 saturated carbocycles. The summed E-state index contributed by atoms with van der Waals surface area (Å²) < 4.78 is 17.6. The lowest BCUT2D eigenvalue weighted by atomic mass is 9.38. The van der Waals surface area contributed by atoms with Crippen LogP contribution >= 0.6 is 0 Å². The lowest BCUT2D eigenvalue weighted by molar-refractivity contribution is -0.340. The van der Waals surface area contributed by atoms with Crippen LogP contribution in [-0.2, 0) is 28.6 Å². The van der Waals surface area contributed by atoms with Crippen molar-refractivity contribution in [1.29, 1.82) is 0 Å². The van der Waals surface area contributed by atoms with Crippen LogP contribution in [0.15, 0.2) is 11.6 Å². The molecular formula is C25H34O9.